The predicted octanol–water partition coefficient (Wildman–Crippen LogP) is 3.89. The van der Waals surface area contributed by atoms with Crippen molar-refractivity contribution >= 4 is 17.9 Å². The first kappa shape index (κ1) is 24.2. The van der Waals surface area contributed by atoms with Crippen molar-refractivity contribution in [2.75, 3.05) is 34.0 Å². The molecule has 2 amide bonds. The smallest absolute Gasteiger partial charge is 0.271 e. The molecule has 0 fully saturated rings. The van der Waals surface area contributed by atoms with Crippen LogP contribution in [0.2, 0.25) is 0 Å². The molecule has 0 N–H and O–H groups in total. The highest BCUT2D eigenvalue weighted by atomic mass is 16.5. The number of nitrogens with zero attached hydrogens (tertiary/aromatic N) is 2. The molecule has 166 valence electrons. The van der Waals surface area contributed by atoms with Gasteiger partial charge < -0.3 is 14.2 Å². The lowest BCUT2D eigenvalue weighted by molar-refractivity contribution is -0.140. The maximum Gasteiger partial charge on any atom is 0.271 e. The van der Waals surface area contributed by atoms with Gasteiger partial charge in [-0.2, -0.15) is 5.26 Å². The molecule has 0 bridgehead atoms. The lowest BCUT2D eigenvalue weighted by Crippen LogP contribution is -2.43. The van der Waals surface area contributed by atoms with E-state index in [9.17, 15) is 14.9 Å². The third-order valence-electron chi connectivity index (χ3n) is 5.06. The van der Waals surface area contributed by atoms with Gasteiger partial charge in [0, 0.05) is 25.8 Å². The number of carbonyl (C=O) groups is 2. The van der Waals surface area contributed by atoms with Crippen molar-refractivity contribution in [3.05, 3.63) is 40.5 Å². The van der Waals surface area contributed by atoms with Crippen molar-refractivity contribution in [1.29, 1.82) is 5.26 Å². The van der Waals surface area contributed by atoms with Gasteiger partial charge in [-0.1, -0.05) is 25.8 Å². The van der Waals surface area contributed by atoms with E-state index in [0.717, 1.165) is 24.2 Å². The van der Waals surface area contributed by atoms with Gasteiger partial charge in [-0.15, -0.1) is 0 Å². The van der Waals surface area contributed by atoms with Crippen LogP contribution in [0.25, 0.3) is 6.08 Å². The maximum absolute atomic E-state index is 13.0. The van der Waals surface area contributed by atoms with Gasteiger partial charge in [0.05, 0.1) is 13.7 Å². The number of rotatable bonds is 11. The summed E-state index contributed by atoms with van der Waals surface area (Å²) in [7, 11) is 3.12. The molecule has 2 rings (SSSR count). The molecule has 0 aliphatic carbocycles. The van der Waals surface area contributed by atoms with E-state index in [1.807, 2.05) is 12.1 Å². The Morgan fingerprint density at radius 2 is 1.84 bits per heavy atom. The van der Waals surface area contributed by atoms with Gasteiger partial charge in [-0.3, -0.25) is 14.5 Å². The summed E-state index contributed by atoms with van der Waals surface area (Å²) in [5.41, 5.74) is 1.38. The molecule has 7 nitrogen and oxygen atoms in total. The Morgan fingerprint density at radius 1 is 1.06 bits per heavy atom. The molecule has 1 aliphatic rings. The Morgan fingerprint density at radius 3 is 2.48 bits per heavy atom. The molecule has 0 saturated heterocycles. The van der Waals surface area contributed by atoms with E-state index in [1.165, 1.54) is 0 Å². The van der Waals surface area contributed by atoms with Crippen molar-refractivity contribution in [3.8, 4) is 17.6 Å². The third-order valence-corrected chi connectivity index (χ3v) is 5.06. The summed E-state index contributed by atoms with van der Waals surface area (Å²) in [4.78, 5) is 26.7. The zero-order chi connectivity index (χ0) is 22.8. The summed E-state index contributed by atoms with van der Waals surface area (Å²) in [6.45, 7) is 4.97. The van der Waals surface area contributed by atoms with Crippen molar-refractivity contribution in [3.63, 3.8) is 0 Å². The molecule has 7 heteroatoms. The fourth-order valence-electron chi connectivity index (χ4n) is 3.29. The second-order valence-corrected chi connectivity index (χ2v) is 7.24. The highest BCUT2D eigenvalue weighted by molar-refractivity contribution is 6.19. The zero-order valence-electron chi connectivity index (χ0n) is 18.7. The summed E-state index contributed by atoms with van der Waals surface area (Å²) >= 11 is 0. The van der Waals surface area contributed by atoms with Crippen LogP contribution < -0.4 is 9.47 Å². The van der Waals surface area contributed by atoms with Crippen LogP contribution in [0.1, 0.15) is 45.1 Å². The molecule has 0 atom stereocenters. The Kier molecular flexibility index (Phi) is 9.29. The minimum Gasteiger partial charge on any atom is -0.493 e. The Hall–Kier alpha value is -3.11. The highest BCUT2D eigenvalue weighted by Crippen LogP contribution is 2.32. The third kappa shape index (κ3) is 5.96. The van der Waals surface area contributed by atoms with Crippen molar-refractivity contribution < 1.29 is 23.8 Å². The van der Waals surface area contributed by atoms with Gasteiger partial charge in [0.1, 0.15) is 11.6 Å². The molecule has 0 saturated carbocycles. The lowest BCUT2D eigenvalue weighted by atomic mass is 9.93. The van der Waals surface area contributed by atoms with Gasteiger partial charge in [0.15, 0.2) is 11.5 Å². The first-order chi connectivity index (χ1) is 15.0. The molecular weight excluding hydrogens is 396 g/mol. The molecular formula is C24H30N2O5. The quantitative estimate of drug-likeness (QED) is 0.303. The number of unbranched alkanes of at least 4 members (excludes halogenated alkanes) is 2. The molecule has 1 aliphatic heterocycles. The average Bonchev–Trinajstić information content (AvgIpc) is 2.77. The fraction of sp³-hybridized carbons (Fsp3) is 0.458. The SMILES string of the molecule is CCCCCOc1ccc(/C=C2/C(=O)N(CCCOC)C(=O)C(C#N)=C2C)cc1OC. The van der Waals surface area contributed by atoms with Crippen LogP contribution in [0.15, 0.2) is 34.9 Å². The predicted molar refractivity (Wildman–Crippen MR) is 118 cm³/mol. The summed E-state index contributed by atoms with van der Waals surface area (Å²) in [6, 6.07) is 7.35. The van der Waals surface area contributed by atoms with Crippen molar-refractivity contribution in [1.82, 2.24) is 4.90 Å². The number of ether oxygens (including phenoxy) is 3. The van der Waals surface area contributed by atoms with Gasteiger partial charge in [-0.05, 0) is 49.1 Å². The summed E-state index contributed by atoms with van der Waals surface area (Å²) in [6.07, 6.45) is 5.35. The Bertz CT molecular complexity index is 911. The number of hydrogen-bond donors (Lipinski definition) is 0. The van der Waals surface area contributed by atoms with Crippen molar-refractivity contribution in [2.45, 2.75) is 39.5 Å². The van der Waals surface area contributed by atoms with Gasteiger partial charge in [0.2, 0.25) is 0 Å². The summed E-state index contributed by atoms with van der Waals surface area (Å²) in [5, 5.41) is 9.48. The number of hydrogen-bond acceptors (Lipinski definition) is 6. The molecule has 1 heterocycles. The minimum absolute atomic E-state index is 0.0221. The standard InChI is InChI=1S/C24H30N2O5/c1-5-6-7-13-31-21-10-9-18(15-22(21)30-4)14-19-17(2)20(16-25)24(28)26(23(19)27)11-8-12-29-3/h9-10,14-15H,5-8,11-13H2,1-4H3/b19-14+. The van der Waals surface area contributed by atoms with Crippen LogP contribution >= 0.6 is 0 Å². The molecule has 31 heavy (non-hydrogen) atoms. The Labute approximate surface area is 183 Å². The average molecular weight is 427 g/mol. The highest BCUT2D eigenvalue weighted by Gasteiger charge is 2.35. The Balaban J connectivity index is 2.34. The van der Waals surface area contributed by atoms with E-state index >= 15 is 0 Å². The maximum atomic E-state index is 13.0. The largest absolute Gasteiger partial charge is 0.493 e. The number of amides is 2. The molecule has 1 aromatic carbocycles. The number of carbonyl (C=O) groups excluding carboxylic acids is 2. The van der Waals surface area contributed by atoms with E-state index in [4.69, 9.17) is 14.2 Å². The molecule has 0 spiro atoms. The van der Waals surface area contributed by atoms with E-state index in [0.29, 0.717) is 47.8 Å². The van der Waals surface area contributed by atoms with E-state index in [1.54, 1.807) is 39.4 Å². The topological polar surface area (TPSA) is 88.9 Å². The number of methoxy groups -OCH3 is 2. The van der Waals surface area contributed by atoms with Crippen LogP contribution in [0.4, 0.5) is 0 Å². The minimum atomic E-state index is -0.563. The molecule has 0 unspecified atom stereocenters. The second kappa shape index (κ2) is 11.9. The first-order valence-electron chi connectivity index (χ1n) is 10.5. The van der Waals surface area contributed by atoms with E-state index in [2.05, 4.69) is 6.92 Å². The van der Waals surface area contributed by atoms with E-state index < -0.39 is 11.8 Å². The molecule has 0 radical (unpaired) electrons. The van der Waals surface area contributed by atoms with Crippen LogP contribution in [-0.2, 0) is 14.3 Å². The van der Waals surface area contributed by atoms with Crippen LogP contribution in [-0.4, -0.2) is 50.7 Å². The number of imide groups is 1. The van der Waals surface area contributed by atoms with Crippen LogP contribution in [0.3, 0.4) is 0 Å². The van der Waals surface area contributed by atoms with Gasteiger partial charge in [-0.25, -0.2) is 0 Å². The normalized spacial score (nSPS) is 15.5. The zero-order valence-corrected chi connectivity index (χ0v) is 18.7. The van der Waals surface area contributed by atoms with Crippen LogP contribution in [0.5, 0.6) is 11.5 Å². The summed E-state index contributed by atoms with van der Waals surface area (Å²) in [5.74, 6) is 0.212. The number of benzene rings is 1. The van der Waals surface area contributed by atoms with E-state index in [-0.39, 0.29) is 12.1 Å². The van der Waals surface area contributed by atoms with Crippen LogP contribution in [0, 0.1) is 11.3 Å². The lowest BCUT2D eigenvalue weighted by Gasteiger charge is -2.27. The molecule has 0 aromatic heterocycles. The molecule has 1 aromatic rings. The monoisotopic (exact) mass is 426 g/mol. The van der Waals surface area contributed by atoms with Crippen molar-refractivity contribution in [2.24, 2.45) is 0 Å². The summed E-state index contributed by atoms with van der Waals surface area (Å²) < 4.78 is 16.3. The number of nitriles is 1. The fourth-order valence-corrected chi connectivity index (χ4v) is 3.29. The van der Waals surface area contributed by atoms with Gasteiger partial charge >= 0.3 is 0 Å². The first-order valence-corrected chi connectivity index (χ1v) is 10.5. The second-order valence-electron chi connectivity index (χ2n) is 7.24. The van der Waals surface area contributed by atoms with Gasteiger partial charge in [0.25, 0.3) is 11.8 Å².